The fraction of sp³-hybridized carbons (Fsp3) is 0.241. The minimum absolute atomic E-state index is 0. The van der Waals surface area contributed by atoms with Crippen LogP contribution in [0.15, 0.2) is 192 Å². The van der Waals surface area contributed by atoms with Gasteiger partial charge in [-0.3, -0.25) is 12.2 Å². The molecule has 0 aromatic heterocycles. The molecule has 0 saturated carbocycles. The maximum Gasteiger partial charge on any atom is -0.0512 e. The number of halogens is 2. The van der Waals surface area contributed by atoms with E-state index < -0.39 is 0 Å². The molecular formula is C58H60Cl2Zr2-2. The predicted molar refractivity (Wildman–Crippen MR) is 251 cm³/mol. The maximum atomic E-state index is 3.19. The summed E-state index contributed by atoms with van der Waals surface area (Å²) in [6.45, 7) is 8.43. The zero-order valence-electron chi connectivity index (χ0n) is 37.0. The molecule has 4 aliphatic rings. The second kappa shape index (κ2) is 29.9. The van der Waals surface area contributed by atoms with Crippen molar-refractivity contribution in [3.8, 4) is 0 Å². The first-order valence-electron chi connectivity index (χ1n) is 21.6. The Kier molecular flexibility index (Phi) is 25.5. The largest absolute Gasteiger partial charge is 0.210 e. The van der Waals surface area contributed by atoms with Crippen molar-refractivity contribution in [1.29, 1.82) is 0 Å². The molecule has 0 spiro atoms. The average Bonchev–Trinajstić information content (AvgIpc) is 4.15. The third-order valence-corrected chi connectivity index (χ3v) is 14.1. The molecule has 0 unspecified atom stereocenters. The van der Waals surface area contributed by atoms with Crippen molar-refractivity contribution >= 4 is 6.41 Å². The molecule has 0 fully saturated rings. The molecular weight excluding hydrogens is 950 g/mol. The van der Waals surface area contributed by atoms with E-state index in [-0.39, 0.29) is 24.8 Å². The Hall–Kier alpha value is -3.37. The fourth-order valence-corrected chi connectivity index (χ4v) is 8.92. The van der Waals surface area contributed by atoms with Crippen LogP contribution in [0.5, 0.6) is 0 Å². The Morgan fingerprint density at radius 1 is 0.419 bits per heavy atom. The Morgan fingerprint density at radius 3 is 0.935 bits per heavy atom. The molecule has 4 aliphatic carbocycles. The molecule has 6 aromatic rings. The van der Waals surface area contributed by atoms with Gasteiger partial charge in [0, 0.05) is 0 Å². The molecule has 62 heavy (non-hydrogen) atoms. The van der Waals surface area contributed by atoms with Crippen molar-refractivity contribution in [2.24, 2.45) is 0 Å². The van der Waals surface area contributed by atoms with E-state index in [0.717, 1.165) is 12.8 Å². The van der Waals surface area contributed by atoms with E-state index in [2.05, 4.69) is 210 Å². The quantitative estimate of drug-likeness (QED) is 0.156. The molecule has 0 aliphatic heterocycles. The average molecular weight is 1010 g/mol. The standard InChI is InChI=1S/2C13H10.2C9H11.2C7H9.2ClH.2Zr/c2*1-3-7-12(8-4-1)11-13-9-5-2-6-10-13;2*1-2-5-9-7-3-6-8(9)4-1;2*1-6-4-3-5-7(6)2;;;;/h2*1-10H;2*3,6-7H,1-2,4-5H2;2*4H,3H2,1-2H3;2*1H;;/q;;4*-1;;;2*+2/p-2. The van der Waals surface area contributed by atoms with Crippen LogP contribution in [0.3, 0.4) is 0 Å². The maximum absolute atomic E-state index is 3.19. The molecule has 0 amide bonds. The first kappa shape index (κ1) is 53.0. The molecule has 0 heterocycles. The summed E-state index contributed by atoms with van der Waals surface area (Å²) in [5.41, 5.74) is 17.1. The summed E-state index contributed by atoms with van der Waals surface area (Å²) in [4.78, 5) is 0. The van der Waals surface area contributed by atoms with E-state index >= 15 is 0 Å². The van der Waals surface area contributed by atoms with Crippen molar-refractivity contribution in [3.05, 3.63) is 249 Å². The molecule has 316 valence electrons. The minimum Gasteiger partial charge on any atom is -0.210 e. The van der Waals surface area contributed by atoms with Gasteiger partial charge >= 0.3 is 198 Å². The molecule has 0 atom stereocenters. The Morgan fingerprint density at radius 2 is 0.710 bits per heavy atom. The molecule has 0 saturated heterocycles. The fourth-order valence-electron chi connectivity index (χ4n) is 7.28. The van der Waals surface area contributed by atoms with Gasteiger partial charge in [0.05, 0.1) is 0 Å². The van der Waals surface area contributed by atoms with Crippen LogP contribution >= 0.6 is 0 Å². The zero-order chi connectivity index (χ0) is 42.4. The van der Waals surface area contributed by atoms with E-state index in [9.17, 15) is 0 Å². The van der Waals surface area contributed by atoms with Gasteiger partial charge in [0.2, 0.25) is 0 Å². The Balaban J connectivity index is 0.000000201. The van der Waals surface area contributed by atoms with Crippen LogP contribution in [0.25, 0.3) is 0 Å². The summed E-state index contributed by atoms with van der Waals surface area (Å²) >= 11 is 2.92. The van der Waals surface area contributed by atoms with Gasteiger partial charge in [0.15, 0.2) is 0 Å². The summed E-state index contributed by atoms with van der Waals surface area (Å²) in [6.07, 6.45) is 23.7. The zero-order valence-corrected chi connectivity index (χ0v) is 43.4. The third kappa shape index (κ3) is 18.0. The van der Waals surface area contributed by atoms with Crippen LogP contribution < -0.4 is 24.8 Å². The van der Waals surface area contributed by atoms with Crippen LogP contribution in [-0.2, 0) is 74.2 Å². The van der Waals surface area contributed by atoms with Crippen molar-refractivity contribution in [2.45, 2.75) is 91.9 Å². The summed E-state index contributed by atoms with van der Waals surface area (Å²) in [7, 11) is 0. The van der Waals surface area contributed by atoms with Gasteiger partial charge in [-0.15, -0.1) is 26.7 Å². The van der Waals surface area contributed by atoms with Crippen molar-refractivity contribution in [2.75, 3.05) is 0 Å². The van der Waals surface area contributed by atoms with Crippen molar-refractivity contribution in [1.82, 2.24) is 0 Å². The number of hydrogen-bond acceptors (Lipinski definition) is 0. The molecule has 0 N–H and O–H groups in total. The van der Waals surface area contributed by atoms with Gasteiger partial charge in [-0.1, -0.05) is 65.2 Å². The number of allylic oxidation sites excluding steroid dienone is 8. The van der Waals surface area contributed by atoms with E-state index in [1.165, 1.54) is 151 Å². The normalized spacial score (nSPS) is 13.8. The summed E-state index contributed by atoms with van der Waals surface area (Å²) < 4.78 is 2.83. The monoisotopic (exact) mass is 1010 g/mol. The minimum atomic E-state index is 0. The Bertz CT molecular complexity index is 2000. The molecule has 0 bridgehead atoms. The first-order valence-corrected chi connectivity index (χ1v) is 24.1. The number of fused-ring (bicyclic) bond motifs is 2. The number of hydrogen-bond donors (Lipinski definition) is 0. The van der Waals surface area contributed by atoms with Gasteiger partial charge in [-0.05, 0) is 0 Å². The SMILES string of the molecule is CC1=[C-]CC=C1C.CC1=[C-]CC=C1C.[Cl-].[Cl-].[Zr+2]=[C](c1ccccc1)c1ccccc1.[Zr+2]=[C](c1ccccc1)c1ccccc1.c1cc2c([cH-]1)CCCC2.c1cc2c([cH-]1)CCCC2. The second-order valence-corrected chi connectivity index (χ2v) is 18.0. The Labute approximate surface area is 416 Å². The third-order valence-electron chi connectivity index (χ3n) is 11.3. The van der Waals surface area contributed by atoms with Crippen LogP contribution in [0.1, 0.15) is 111 Å². The van der Waals surface area contributed by atoms with Gasteiger partial charge in [-0.2, -0.15) is 58.7 Å². The van der Waals surface area contributed by atoms with Crippen LogP contribution in [-0.4, -0.2) is 6.41 Å². The first-order chi connectivity index (χ1) is 29.3. The van der Waals surface area contributed by atoms with E-state index in [4.69, 9.17) is 0 Å². The van der Waals surface area contributed by atoms with Gasteiger partial charge in [0.25, 0.3) is 0 Å². The van der Waals surface area contributed by atoms with Crippen LogP contribution in [0, 0.1) is 12.2 Å². The summed E-state index contributed by atoms with van der Waals surface area (Å²) in [5, 5.41) is 0. The molecule has 0 radical (unpaired) electrons. The molecule has 10 rings (SSSR count). The van der Waals surface area contributed by atoms with Crippen molar-refractivity contribution in [3.63, 3.8) is 0 Å². The number of benzene rings is 4. The van der Waals surface area contributed by atoms with E-state index in [0.29, 0.717) is 0 Å². The molecule has 0 nitrogen and oxygen atoms in total. The smallest absolute Gasteiger partial charge is 0.0512 e. The van der Waals surface area contributed by atoms with Gasteiger partial charge in [0.1, 0.15) is 0 Å². The van der Waals surface area contributed by atoms with Crippen LogP contribution in [0.4, 0.5) is 0 Å². The summed E-state index contributed by atoms with van der Waals surface area (Å²) in [6, 6.07) is 55.6. The summed E-state index contributed by atoms with van der Waals surface area (Å²) in [5.74, 6) is 0. The van der Waals surface area contributed by atoms with E-state index in [1.807, 2.05) is 0 Å². The van der Waals surface area contributed by atoms with E-state index in [1.54, 1.807) is 22.3 Å². The molecule has 6 aromatic carbocycles. The molecule has 4 heteroatoms. The number of aryl methyl sites for hydroxylation is 4. The topological polar surface area (TPSA) is 0 Å². The predicted octanol–water partition coefficient (Wildman–Crippen LogP) is 8.35. The van der Waals surface area contributed by atoms with Crippen LogP contribution in [0.2, 0.25) is 0 Å². The van der Waals surface area contributed by atoms with Gasteiger partial charge in [-0.25, -0.2) is 34.4 Å². The second-order valence-electron chi connectivity index (χ2n) is 15.6. The van der Waals surface area contributed by atoms with Crippen molar-refractivity contribution < 1.29 is 73.3 Å². The van der Waals surface area contributed by atoms with Gasteiger partial charge < -0.3 is 24.8 Å². The number of rotatable bonds is 4.